The van der Waals surface area contributed by atoms with E-state index >= 15 is 0 Å². The van der Waals surface area contributed by atoms with E-state index in [1.807, 2.05) is 18.2 Å². The molecule has 0 spiro atoms. The highest BCUT2D eigenvalue weighted by Crippen LogP contribution is 2.22. The highest BCUT2D eigenvalue weighted by atomic mass is 16.5. The van der Waals surface area contributed by atoms with Gasteiger partial charge in [-0.15, -0.1) is 0 Å². The predicted molar refractivity (Wildman–Crippen MR) is 89.5 cm³/mol. The summed E-state index contributed by atoms with van der Waals surface area (Å²) in [5, 5.41) is 8.67. The Hall–Kier alpha value is -3.14. The average molecular weight is 308 g/mol. The summed E-state index contributed by atoms with van der Waals surface area (Å²) in [6.07, 6.45) is 5.70. The van der Waals surface area contributed by atoms with Crippen molar-refractivity contribution in [3.63, 3.8) is 0 Å². The first kappa shape index (κ1) is 16.2. The Morgan fingerprint density at radius 2 is 1.74 bits per heavy atom. The molecule has 0 radical (unpaired) electrons. The summed E-state index contributed by atoms with van der Waals surface area (Å²) in [7, 11) is 1.51. The fourth-order valence-electron chi connectivity index (χ4n) is 2.00. The maximum absolute atomic E-state index is 12.0. The van der Waals surface area contributed by atoms with E-state index in [1.165, 1.54) is 19.3 Å². The molecule has 0 saturated heterocycles. The first-order valence-electron chi connectivity index (χ1n) is 6.96. The SMILES string of the molecule is COc1cc(/C=C/C(=O)c2ccccc2)ccc1/C=C/C(=O)O. The van der Waals surface area contributed by atoms with Gasteiger partial charge in [0.15, 0.2) is 5.78 Å². The molecule has 0 unspecified atom stereocenters. The summed E-state index contributed by atoms with van der Waals surface area (Å²) in [5.74, 6) is -0.569. The summed E-state index contributed by atoms with van der Waals surface area (Å²) in [6, 6.07) is 14.3. The van der Waals surface area contributed by atoms with Crippen LogP contribution in [0.5, 0.6) is 5.75 Å². The summed E-state index contributed by atoms with van der Waals surface area (Å²) in [5.41, 5.74) is 2.07. The van der Waals surface area contributed by atoms with E-state index in [0.717, 1.165) is 11.6 Å². The number of ether oxygens (including phenoxy) is 1. The van der Waals surface area contributed by atoms with Crippen molar-refractivity contribution in [2.24, 2.45) is 0 Å². The van der Waals surface area contributed by atoms with Crippen LogP contribution in [0.4, 0.5) is 0 Å². The number of carboxylic acid groups (broad SMARTS) is 1. The number of carbonyl (C=O) groups is 2. The van der Waals surface area contributed by atoms with Crippen LogP contribution in [0.15, 0.2) is 60.7 Å². The minimum Gasteiger partial charge on any atom is -0.496 e. The lowest BCUT2D eigenvalue weighted by Gasteiger charge is -2.05. The number of hydrogen-bond acceptors (Lipinski definition) is 3. The molecule has 0 saturated carbocycles. The molecule has 2 aromatic carbocycles. The second-order valence-electron chi connectivity index (χ2n) is 4.74. The average Bonchev–Trinajstić information content (AvgIpc) is 2.58. The van der Waals surface area contributed by atoms with E-state index in [0.29, 0.717) is 16.9 Å². The molecule has 2 aromatic rings. The largest absolute Gasteiger partial charge is 0.496 e. The minimum absolute atomic E-state index is 0.0839. The molecule has 0 fully saturated rings. The van der Waals surface area contributed by atoms with Crippen LogP contribution in [0.3, 0.4) is 0 Å². The van der Waals surface area contributed by atoms with Crippen molar-refractivity contribution >= 4 is 23.9 Å². The highest BCUT2D eigenvalue weighted by molar-refractivity contribution is 6.06. The molecule has 4 nitrogen and oxygen atoms in total. The lowest BCUT2D eigenvalue weighted by Crippen LogP contribution is -1.93. The van der Waals surface area contributed by atoms with Gasteiger partial charge < -0.3 is 9.84 Å². The van der Waals surface area contributed by atoms with Gasteiger partial charge in [0.25, 0.3) is 0 Å². The van der Waals surface area contributed by atoms with Gasteiger partial charge in [-0.3, -0.25) is 4.79 Å². The smallest absolute Gasteiger partial charge is 0.328 e. The Balaban J connectivity index is 2.19. The second kappa shape index (κ2) is 7.75. The van der Waals surface area contributed by atoms with Crippen molar-refractivity contribution in [2.45, 2.75) is 0 Å². The van der Waals surface area contributed by atoms with Crippen LogP contribution in [0.1, 0.15) is 21.5 Å². The summed E-state index contributed by atoms with van der Waals surface area (Å²) in [6.45, 7) is 0. The third kappa shape index (κ3) is 4.68. The Morgan fingerprint density at radius 1 is 1.00 bits per heavy atom. The van der Waals surface area contributed by atoms with E-state index in [1.54, 1.807) is 36.4 Å². The molecule has 4 heteroatoms. The number of allylic oxidation sites excluding steroid dienone is 1. The molecule has 23 heavy (non-hydrogen) atoms. The number of hydrogen-bond donors (Lipinski definition) is 1. The molecule has 0 heterocycles. The highest BCUT2D eigenvalue weighted by Gasteiger charge is 2.03. The van der Waals surface area contributed by atoms with Gasteiger partial charge in [-0.25, -0.2) is 4.79 Å². The van der Waals surface area contributed by atoms with Crippen LogP contribution in [0.25, 0.3) is 12.2 Å². The van der Waals surface area contributed by atoms with Gasteiger partial charge in [-0.05, 0) is 23.8 Å². The molecule has 0 aliphatic carbocycles. The Morgan fingerprint density at radius 3 is 2.39 bits per heavy atom. The van der Waals surface area contributed by atoms with Crippen LogP contribution in [0, 0.1) is 0 Å². The molecule has 0 amide bonds. The van der Waals surface area contributed by atoms with Crippen molar-refractivity contribution in [1.82, 2.24) is 0 Å². The molecular weight excluding hydrogens is 292 g/mol. The standard InChI is InChI=1S/C19H16O4/c1-23-18-13-14(7-9-16(18)10-12-19(21)22)8-11-17(20)15-5-3-2-4-6-15/h2-13H,1H3,(H,21,22)/b11-8+,12-10+. The second-order valence-corrected chi connectivity index (χ2v) is 4.74. The van der Waals surface area contributed by atoms with Crippen LogP contribution in [-0.2, 0) is 4.79 Å². The number of benzene rings is 2. The van der Waals surface area contributed by atoms with Crippen molar-refractivity contribution in [1.29, 1.82) is 0 Å². The van der Waals surface area contributed by atoms with E-state index in [2.05, 4.69) is 0 Å². The molecule has 0 aliphatic rings. The Bertz CT molecular complexity index is 758. The Labute approximate surface area is 134 Å². The molecule has 1 N–H and O–H groups in total. The summed E-state index contributed by atoms with van der Waals surface area (Å²) >= 11 is 0. The van der Waals surface area contributed by atoms with Gasteiger partial charge in [0.2, 0.25) is 0 Å². The first-order chi connectivity index (χ1) is 11.1. The van der Waals surface area contributed by atoms with Crippen LogP contribution in [-0.4, -0.2) is 24.0 Å². The number of carbonyl (C=O) groups excluding carboxylic acids is 1. The van der Waals surface area contributed by atoms with Crippen LogP contribution in [0.2, 0.25) is 0 Å². The number of rotatable bonds is 6. The lowest BCUT2D eigenvalue weighted by molar-refractivity contribution is -0.131. The third-order valence-electron chi connectivity index (χ3n) is 3.15. The van der Waals surface area contributed by atoms with Crippen molar-refractivity contribution in [3.8, 4) is 5.75 Å². The van der Waals surface area contributed by atoms with Gasteiger partial charge in [0.05, 0.1) is 7.11 Å². The molecular formula is C19H16O4. The lowest BCUT2D eigenvalue weighted by atomic mass is 10.1. The maximum atomic E-state index is 12.0. The van der Waals surface area contributed by atoms with Gasteiger partial charge >= 0.3 is 5.97 Å². The monoisotopic (exact) mass is 308 g/mol. The molecule has 0 aromatic heterocycles. The summed E-state index contributed by atoms with van der Waals surface area (Å²) < 4.78 is 5.25. The normalized spacial score (nSPS) is 11.0. The maximum Gasteiger partial charge on any atom is 0.328 e. The molecule has 0 atom stereocenters. The van der Waals surface area contributed by atoms with E-state index < -0.39 is 5.97 Å². The van der Waals surface area contributed by atoms with E-state index in [4.69, 9.17) is 9.84 Å². The van der Waals surface area contributed by atoms with Gasteiger partial charge in [0, 0.05) is 17.2 Å². The van der Waals surface area contributed by atoms with E-state index in [-0.39, 0.29) is 5.78 Å². The molecule has 116 valence electrons. The number of ketones is 1. The zero-order chi connectivity index (χ0) is 16.7. The zero-order valence-electron chi connectivity index (χ0n) is 12.6. The third-order valence-corrected chi connectivity index (χ3v) is 3.15. The van der Waals surface area contributed by atoms with Gasteiger partial charge in [0.1, 0.15) is 5.75 Å². The number of carboxylic acids is 1. The Kier molecular flexibility index (Phi) is 5.47. The van der Waals surface area contributed by atoms with Crippen LogP contribution < -0.4 is 4.74 Å². The van der Waals surface area contributed by atoms with Gasteiger partial charge in [-0.1, -0.05) is 48.5 Å². The van der Waals surface area contributed by atoms with Crippen molar-refractivity contribution in [2.75, 3.05) is 7.11 Å². The van der Waals surface area contributed by atoms with Gasteiger partial charge in [-0.2, -0.15) is 0 Å². The summed E-state index contributed by atoms with van der Waals surface area (Å²) in [4.78, 5) is 22.6. The van der Waals surface area contributed by atoms with Crippen molar-refractivity contribution in [3.05, 3.63) is 77.4 Å². The minimum atomic E-state index is -1.02. The zero-order valence-corrected chi connectivity index (χ0v) is 12.6. The van der Waals surface area contributed by atoms with Crippen molar-refractivity contribution < 1.29 is 19.4 Å². The van der Waals surface area contributed by atoms with E-state index in [9.17, 15) is 9.59 Å². The fraction of sp³-hybridized carbons (Fsp3) is 0.0526. The molecule has 0 aliphatic heterocycles. The predicted octanol–water partition coefficient (Wildman–Crippen LogP) is 3.69. The topological polar surface area (TPSA) is 63.6 Å². The molecule has 2 rings (SSSR count). The molecule has 0 bridgehead atoms. The quantitative estimate of drug-likeness (QED) is 0.653. The number of methoxy groups -OCH3 is 1. The number of aliphatic carboxylic acids is 1. The fourth-order valence-corrected chi connectivity index (χ4v) is 2.00. The van der Waals surface area contributed by atoms with Crippen LogP contribution >= 0.6 is 0 Å². The first-order valence-corrected chi connectivity index (χ1v) is 6.96.